The summed E-state index contributed by atoms with van der Waals surface area (Å²) in [6.07, 6.45) is 0. The van der Waals surface area contributed by atoms with Crippen LogP contribution in [0.15, 0.2) is 53.9 Å². The first-order chi connectivity index (χ1) is 10.7. The molecule has 0 aliphatic rings. The molecule has 2 aromatic carbocycles. The summed E-state index contributed by atoms with van der Waals surface area (Å²) in [6.45, 7) is 0. The van der Waals surface area contributed by atoms with Crippen LogP contribution >= 0.6 is 11.3 Å². The van der Waals surface area contributed by atoms with Crippen LogP contribution in [0.5, 0.6) is 0 Å². The summed E-state index contributed by atoms with van der Waals surface area (Å²) < 4.78 is 0. The summed E-state index contributed by atoms with van der Waals surface area (Å²) in [7, 11) is 0. The van der Waals surface area contributed by atoms with Gasteiger partial charge in [0.1, 0.15) is 0 Å². The van der Waals surface area contributed by atoms with E-state index in [9.17, 15) is 10.2 Å². The number of rotatable bonds is 3. The van der Waals surface area contributed by atoms with Gasteiger partial charge in [-0.25, -0.2) is 0 Å². The van der Waals surface area contributed by atoms with E-state index in [4.69, 9.17) is 5.84 Å². The second-order valence-electron chi connectivity index (χ2n) is 4.64. The van der Waals surface area contributed by atoms with Crippen molar-refractivity contribution in [2.45, 2.75) is 0 Å². The summed E-state index contributed by atoms with van der Waals surface area (Å²) in [5, 5.41) is 11.2. The van der Waals surface area contributed by atoms with E-state index in [1.165, 1.54) is 6.07 Å². The Morgan fingerprint density at radius 2 is 1.86 bits per heavy atom. The maximum absolute atomic E-state index is 11.2. The number of hydrogen-bond acceptors (Lipinski definition) is 3. The van der Waals surface area contributed by atoms with Gasteiger partial charge in [0.15, 0.2) is 4.87 Å². The molecule has 5 heteroatoms. The molecule has 0 amide bonds. The number of nitrogens with zero attached hydrogens (tertiary/aromatic N) is 2. The van der Waals surface area contributed by atoms with Gasteiger partial charge in [0, 0.05) is 28.6 Å². The predicted molar refractivity (Wildman–Crippen MR) is 86.2 cm³/mol. The lowest BCUT2D eigenvalue weighted by Gasteiger charge is -2.05. The molecular weight excluding hydrogens is 294 g/mol. The van der Waals surface area contributed by atoms with Crippen LogP contribution in [0, 0.1) is 22.3 Å². The lowest BCUT2D eigenvalue weighted by Crippen LogP contribution is -2.08. The van der Waals surface area contributed by atoms with Crippen molar-refractivity contribution in [2.24, 2.45) is 5.84 Å². The third-order valence-corrected chi connectivity index (χ3v) is 4.17. The van der Waals surface area contributed by atoms with Gasteiger partial charge in [-0.15, -0.1) is 11.3 Å². The van der Waals surface area contributed by atoms with E-state index in [1.54, 1.807) is 23.5 Å². The normalized spacial score (nSPS) is 10.1. The lowest BCUT2D eigenvalue weighted by molar-refractivity contribution is -0.474. The molecule has 0 saturated heterocycles. The van der Waals surface area contributed by atoms with Gasteiger partial charge in [0.2, 0.25) is 0 Å². The Hall–Kier alpha value is -2.97. The Balaban J connectivity index is 2.05. The van der Waals surface area contributed by atoms with E-state index in [1.807, 2.05) is 35.7 Å². The zero-order chi connectivity index (χ0) is 15.5. The molecule has 22 heavy (non-hydrogen) atoms. The largest absolute Gasteiger partial charge is 0.292 e. The Labute approximate surface area is 131 Å². The first-order valence-electron chi connectivity index (χ1n) is 6.51. The second-order valence-corrected chi connectivity index (χ2v) is 5.56. The topological polar surface area (TPSA) is 69.9 Å². The van der Waals surface area contributed by atoms with Crippen molar-refractivity contribution in [3.8, 4) is 27.6 Å². The molecule has 0 saturated carbocycles. The fraction of sp³-hybridized carbons (Fsp3) is 0. The standard InChI is InChI=1S/C17H11N3OS/c18-11-14-7-8-15(20(19)21)10-16(14)12-3-5-13(6-4-12)17-2-1-9-22-17/h1,3-10H,(H2,19,21)/q+1. The minimum Gasteiger partial charge on any atom is -0.192 e. The van der Waals surface area contributed by atoms with E-state index in [2.05, 4.69) is 12.1 Å². The van der Waals surface area contributed by atoms with Crippen LogP contribution in [0.3, 0.4) is 0 Å². The fourth-order valence-electron chi connectivity index (χ4n) is 2.20. The van der Waals surface area contributed by atoms with Crippen LogP contribution in [0.4, 0.5) is 5.69 Å². The van der Waals surface area contributed by atoms with Crippen LogP contribution in [-0.4, -0.2) is 4.87 Å². The molecule has 1 radical (unpaired) electrons. The highest BCUT2D eigenvalue weighted by Gasteiger charge is 2.14. The average Bonchev–Trinajstić information content (AvgIpc) is 3.09. The number of hydrazine groups is 1. The van der Waals surface area contributed by atoms with E-state index < -0.39 is 0 Å². The van der Waals surface area contributed by atoms with E-state index >= 15 is 0 Å². The molecule has 4 nitrogen and oxygen atoms in total. The van der Waals surface area contributed by atoms with Crippen LogP contribution in [0.1, 0.15) is 5.56 Å². The number of hydrogen-bond donors (Lipinski definition) is 1. The van der Waals surface area contributed by atoms with Gasteiger partial charge < -0.3 is 0 Å². The molecule has 0 spiro atoms. The van der Waals surface area contributed by atoms with Crippen LogP contribution in [0.25, 0.3) is 21.6 Å². The molecule has 0 unspecified atom stereocenters. The third-order valence-electron chi connectivity index (χ3n) is 3.30. The van der Waals surface area contributed by atoms with Crippen molar-refractivity contribution in [3.63, 3.8) is 0 Å². The van der Waals surface area contributed by atoms with Crippen molar-refractivity contribution >= 4 is 17.0 Å². The van der Waals surface area contributed by atoms with Crippen LogP contribution < -0.4 is 5.84 Å². The average molecular weight is 305 g/mol. The third kappa shape index (κ3) is 2.60. The minimum absolute atomic E-state index is 0.291. The number of nitroso groups, excluding NO2 is 1. The highest BCUT2D eigenvalue weighted by atomic mass is 32.1. The van der Waals surface area contributed by atoms with Gasteiger partial charge in [0.05, 0.1) is 16.5 Å². The summed E-state index contributed by atoms with van der Waals surface area (Å²) in [5.74, 6) is 5.23. The molecule has 1 heterocycles. The van der Waals surface area contributed by atoms with E-state index in [0.717, 1.165) is 16.0 Å². The zero-order valence-corrected chi connectivity index (χ0v) is 12.3. The highest BCUT2D eigenvalue weighted by molar-refractivity contribution is 7.13. The minimum atomic E-state index is 0.291. The van der Waals surface area contributed by atoms with Gasteiger partial charge in [0.25, 0.3) is 5.69 Å². The van der Waals surface area contributed by atoms with Crippen molar-refractivity contribution in [1.82, 2.24) is 0 Å². The van der Waals surface area contributed by atoms with E-state index in [-0.39, 0.29) is 0 Å². The maximum Gasteiger partial charge on any atom is 0.292 e. The molecule has 3 aromatic rings. The van der Waals surface area contributed by atoms with Crippen LogP contribution in [0.2, 0.25) is 0 Å². The number of benzene rings is 2. The summed E-state index contributed by atoms with van der Waals surface area (Å²) in [5.41, 5.74) is 3.43. The molecule has 0 atom stereocenters. The van der Waals surface area contributed by atoms with Crippen LogP contribution in [-0.2, 0) is 0 Å². The zero-order valence-electron chi connectivity index (χ0n) is 11.5. The molecule has 2 N–H and O–H groups in total. The number of nitriles is 1. The molecule has 1 aromatic heterocycles. The van der Waals surface area contributed by atoms with Gasteiger partial charge in [-0.2, -0.15) is 11.1 Å². The van der Waals surface area contributed by atoms with Gasteiger partial charge in [-0.3, -0.25) is 0 Å². The molecule has 0 aliphatic heterocycles. The number of thiophene rings is 1. The van der Waals surface area contributed by atoms with Crippen molar-refractivity contribution in [2.75, 3.05) is 0 Å². The molecule has 3 rings (SSSR count). The quantitative estimate of drug-likeness (QED) is 0.451. The van der Waals surface area contributed by atoms with Crippen molar-refractivity contribution in [3.05, 3.63) is 70.4 Å². The van der Waals surface area contributed by atoms with Crippen molar-refractivity contribution in [1.29, 1.82) is 5.26 Å². The summed E-state index contributed by atoms with van der Waals surface area (Å²) in [4.78, 5) is 12.6. The molecule has 0 aliphatic carbocycles. The number of nitrogens with two attached hydrogens (primary N) is 1. The van der Waals surface area contributed by atoms with E-state index in [0.29, 0.717) is 21.7 Å². The fourth-order valence-corrected chi connectivity index (χ4v) is 2.88. The van der Waals surface area contributed by atoms with Gasteiger partial charge in [-0.1, -0.05) is 24.3 Å². The maximum atomic E-state index is 11.2. The summed E-state index contributed by atoms with van der Waals surface area (Å²) in [6, 6.07) is 19.7. The first kappa shape index (κ1) is 14.0. The molecule has 0 fully saturated rings. The van der Waals surface area contributed by atoms with Crippen molar-refractivity contribution < 1.29 is 4.87 Å². The predicted octanol–water partition coefficient (Wildman–Crippen LogP) is 4.04. The smallest absolute Gasteiger partial charge is 0.192 e. The highest BCUT2D eigenvalue weighted by Crippen LogP contribution is 2.30. The van der Waals surface area contributed by atoms with Gasteiger partial charge >= 0.3 is 0 Å². The SMILES string of the molecule is N#Cc1ccc([N+](N)=O)cc1-c1ccc(-c2[c]ccs2)cc1. The lowest BCUT2D eigenvalue weighted by atomic mass is 9.98. The second kappa shape index (κ2) is 5.80. The Morgan fingerprint density at radius 3 is 2.45 bits per heavy atom. The Morgan fingerprint density at radius 1 is 1.14 bits per heavy atom. The molecule has 105 valence electrons. The Bertz CT molecular complexity index is 862. The first-order valence-corrected chi connectivity index (χ1v) is 7.39. The molecular formula is C17H11N3OS+. The Kier molecular flexibility index (Phi) is 3.69. The molecule has 0 bridgehead atoms. The monoisotopic (exact) mass is 305 g/mol. The van der Waals surface area contributed by atoms with Gasteiger partial charge in [-0.05, 0) is 28.6 Å². The summed E-state index contributed by atoms with van der Waals surface area (Å²) >= 11 is 1.62.